The zero-order valence-electron chi connectivity index (χ0n) is 15.8. The molecule has 9 heteroatoms. The molecule has 0 unspecified atom stereocenters. The van der Waals surface area contributed by atoms with E-state index >= 15 is 0 Å². The van der Waals surface area contributed by atoms with Crippen molar-refractivity contribution in [2.45, 2.75) is 26.8 Å². The van der Waals surface area contributed by atoms with Crippen molar-refractivity contribution < 1.29 is 9.59 Å². The van der Waals surface area contributed by atoms with Crippen LogP contribution in [0.25, 0.3) is 16.9 Å². The Morgan fingerprint density at radius 1 is 1.15 bits per heavy atom. The molecule has 3 aromatic rings. The second-order valence-electron chi connectivity index (χ2n) is 6.64. The van der Waals surface area contributed by atoms with Crippen LogP contribution in [-0.4, -0.2) is 55.2 Å². The predicted octanol–water partition coefficient (Wildman–Crippen LogP) is 0.812. The highest BCUT2D eigenvalue weighted by Gasteiger charge is 2.29. The summed E-state index contributed by atoms with van der Waals surface area (Å²) >= 11 is 0. The van der Waals surface area contributed by atoms with Gasteiger partial charge in [0.05, 0.1) is 5.69 Å². The van der Waals surface area contributed by atoms with Gasteiger partial charge in [-0.2, -0.15) is 4.68 Å². The lowest BCUT2D eigenvalue weighted by molar-refractivity contribution is -0.137. The third-order valence-electron chi connectivity index (χ3n) is 4.46. The first kappa shape index (κ1) is 18.4. The first-order chi connectivity index (χ1) is 12.7. The third-order valence-corrected chi connectivity index (χ3v) is 4.46. The molecule has 9 nitrogen and oxygen atoms in total. The summed E-state index contributed by atoms with van der Waals surface area (Å²) in [7, 11) is 3.04. The molecule has 1 aromatic carbocycles. The third kappa shape index (κ3) is 3.12. The van der Waals surface area contributed by atoms with Gasteiger partial charge < -0.3 is 4.90 Å². The molecule has 1 amide bonds. The summed E-state index contributed by atoms with van der Waals surface area (Å²) in [5.74, 6) is -0.967. The Kier molecular flexibility index (Phi) is 4.61. The van der Waals surface area contributed by atoms with Gasteiger partial charge in [0, 0.05) is 14.1 Å². The van der Waals surface area contributed by atoms with Crippen LogP contribution in [0.5, 0.6) is 0 Å². The van der Waals surface area contributed by atoms with Crippen LogP contribution in [0, 0.1) is 13.8 Å². The van der Waals surface area contributed by atoms with Crippen LogP contribution in [0.2, 0.25) is 0 Å². The molecular formula is C18H20N6O3. The molecule has 0 saturated heterocycles. The number of Topliss-reactive ketones (excluding diaryl/α,β-unsaturated/α-hetero) is 1. The van der Waals surface area contributed by atoms with Gasteiger partial charge >= 0.3 is 0 Å². The number of aryl methyl sites for hydroxylation is 2. The molecule has 27 heavy (non-hydrogen) atoms. The maximum Gasteiger partial charge on any atom is 0.284 e. The van der Waals surface area contributed by atoms with Crippen molar-refractivity contribution in [1.29, 1.82) is 0 Å². The van der Waals surface area contributed by atoms with Gasteiger partial charge in [-0.15, -0.1) is 5.10 Å². The first-order valence-corrected chi connectivity index (χ1v) is 8.34. The highest BCUT2D eigenvalue weighted by molar-refractivity contribution is 6.02. The molecule has 0 N–H and O–H groups in total. The summed E-state index contributed by atoms with van der Waals surface area (Å²) < 4.78 is 2.47. The molecule has 0 bridgehead atoms. The van der Waals surface area contributed by atoms with Crippen LogP contribution in [0.3, 0.4) is 0 Å². The van der Waals surface area contributed by atoms with Crippen molar-refractivity contribution in [3.63, 3.8) is 0 Å². The summed E-state index contributed by atoms with van der Waals surface area (Å²) in [6.07, 6.45) is 1.19. The number of fused-ring (bicyclic) bond motifs is 1. The fraction of sp³-hybridized carbons (Fsp3) is 0.333. The van der Waals surface area contributed by atoms with Crippen molar-refractivity contribution in [2.75, 3.05) is 14.1 Å². The lowest BCUT2D eigenvalue weighted by atomic mass is 10.1. The number of amides is 1. The average Bonchev–Trinajstić information content (AvgIpc) is 3.04. The number of benzene rings is 1. The van der Waals surface area contributed by atoms with Crippen molar-refractivity contribution >= 4 is 22.9 Å². The zero-order chi connectivity index (χ0) is 19.9. The fourth-order valence-corrected chi connectivity index (χ4v) is 2.77. The summed E-state index contributed by atoms with van der Waals surface area (Å²) in [6, 6.07) is 4.44. The minimum absolute atomic E-state index is 0.00599. The van der Waals surface area contributed by atoms with Crippen LogP contribution < -0.4 is 5.56 Å². The van der Waals surface area contributed by atoms with E-state index in [1.165, 1.54) is 36.9 Å². The van der Waals surface area contributed by atoms with E-state index in [0.29, 0.717) is 0 Å². The van der Waals surface area contributed by atoms with E-state index in [1.54, 1.807) is 0 Å². The van der Waals surface area contributed by atoms with E-state index in [4.69, 9.17) is 0 Å². The Labute approximate surface area is 155 Å². The molecule has 0 aliphatic rings. The van der Waals surface area contributed by atoms with Crippen LogP contribution in [0.1, 0.15) is 24.1 Å². The van der Waals surface area contributed by atoms with E-state index in [-0.39, 0.29) is 11.2 Å². The SMILES string of the molecule is CC(=O)[C@@H](C(=O)N(C)C)n1cnc2c(nnn2-c2ccc(C)c(C)c2)c1=O. The van der Waals surface area contributed by atoms with Gasteiger partial charge in [-0.1, -0.05) is 11.3 Å². The van der Waals surface area contributed by atoms with Gasteiger partial charge in [0.15, 0.2) is 23.0 Å². The van der Waals surface area contributed by atoms with Crippen LogP contribution in [-0.2, 0) is 9.59 Å². The topological polar surface area (TPSA) is 103 Å². The molecular weight excluding hydrogens is 348 g/mol. The highest BCUT2D eigenvalue weighted by atomic mass is 16.2. The smallest absolute Gasteiger partial charge is 0.284 e. The quantitative estimate of drug-likeness (QED) is 0.632. The molecule has 0 saturated carbocycles. The van der Waals surface area contributed by atoms with Crippen LogP contribution in [0.4, 0.5) is 0 Å². The fourth-order valence-electron chi connectivity index (χ4n) is 2.77. The number of rotatable bonds is 4. The highest BCUT2D eigenvalue weighted by Crippen LogP contribution is 2.17. The number of aromatic nitrogens is 5. The predicted molar refractivity (Wildman–Crippen MR) is 98.8 cm³/mol. The lowest BCUT2D eigenvalue weighted by Gasteiger charge is -2.19. The van der Waals surface area contributed by atoms with Crippen molar-refractivity contribution in [3.8, 4) is 5.69 Å². The molecule has 2 aromatic heterocycles. The minimum Gasteiger partial charge on any atom is -0.347 e. The number of carbonyl (C=O) groups excluding carboxylic acids is 2. The normalized spacial score (nSPS) is 12.2. The van der Waals surface area contributed by atoms with Crippen molar-refractivity contribution in [3.05, 3.63) is 46.0 Å². The number of likely N-dealkylation sites (N-methyl/N-ethyl adjacent to an activating group) is 1. The Morgan fingerprint density at radius 2 is 1.85 bits per heavy atom. The molecule has 0 aliphatic carbocycles. The van der Waals surface area contributed by atoms with Crippen molar-refractivity contribution in [1.82, 2.24) is 29.4 Å². The maximum atomic E-state index is 12.9. The molecule has 0 radical (unpaired) electrons. The standard InChI is InChI=1S/C18H20N6O3/c1-10-6-7-13(8-11(10)2)24-16-14(20-21-24)17(26)23(9-19-16)15(12(3)25)18(27)22(4)5/h6-9,15H,1-5H3/t15-/m0/s1. The van der Waals surface area contributed by atoms with E-state index < -0.39 is 23.3 Å². The molecule has 0 fully saturated rings. The number of hydrogen-bond donors (Lipinski definition) is 0. The largest absolute Gasteiger partial charge is 0.347 e. The maximum absolute atomic E-state index is 12.9. The summed E-state index contributed by atoms with van der Waals surface area (Å²) in [5.41, 5.74) is 2.58. The van der Waals surface area contributed by atoms with Gasteiger partial charge in [0.25, 0.3) is 11.5 Å². The Balaban J connectivity index is 2.17. The monoisotopic (exact) mass is 368 g/mol. The van der Waals surface area contributed by atoms with E-state index in [9.17, 15) is 14.4 Å². The summed E-state index contributed by atoms with van der Waals surface area (Å²) in [6.45, 7) is 5.23. The van der Waals surface area contributed by atoms with Gasteiger partial charge in [-0.3, -0.25) is 19.0 Å². The number of nitrogens with zero attached hydrogens (tertiary/aromatic N) is 6. The molecule has 0 spiro atoms. The van der Waals surface area contributed by atoms with E-state index in [1.807, 2.05) is 32.0 Å². The van der Waals surface area contributed by atoms with Gasteiger partial charge in [-0.05, 0) is 44.0 Å². The first-order valence-electron chi connectivity index (χ1n) is 8.34. The average molecular weight is 368 g/mol. The number of carbonyl (C=O) groups is 2. The minimum atomic E-state index is -1.28. The van der Waals surface area contributed by atoms with Crippen LogP contribution in [0.15, 0.2) is 29.3 Å². The summed E-state index contributed by atoms with van der Waals surface area (Å²) in [4.78, 5) is 42.7. The van der Waals surface area contributed by atoms with Gasteiger partial charge in [-0.25, -0.2) is 4.98 Å². The number of hydrogen-bond acceptors (Lipinski definition) is 6. The molecule has 3 rings (SSSR count). The van der Waals surface area contributed by atoms with Gasteiger partial charge in [0.1, 0.15) is 6.33 Å². The number of ketones is 1. The molecule has 140 valence electrons. The molecule has 0 aliphatic heterocycles. The zero-order valence-corrected chi connectivity index (χ0v) is 15.8. The second kappa shape index (κ2) is 6.75. The van der Waals surface area contributed by atoms with E-state index in [0.717, 1.165) is 21.4 Å². The van der Waals surface area contributed by atoms with E-state index in [2.05, 4.69) is 15.3 Å². The molecule has 1 atom stereocenters. The van der Waals surface area contributed by atoms with Crippen LogP contribution >= 0.6 is 0 Å². The Hall–Kier alpha value is -3.36. The lowest BCUT2D eigenvalue weighted by Crippen LogP contribution is -2.40. The van der Waals surface area contributed by atoms with Crippen molar-refractivity contribution in [2.24, 2.45) is 0 Å². The Morgan fingerprint density at radius 3 is 2.44 bits per heavy atom. The Bertz CT molecular complexity index is 1110. The molecule has 2 heterocycles. The second-order valence-corrected chi connectivity index (χ2v) is 6.64. The van der Waals surface area contributed by atoms with Gasteiger partial charge in [0.2, 0.25) is 0 Å². The summed E-state index contributed by atoms with van der Waals surface area (Å²) in [5, 5.41) is 7.97.